The molecule has 0 aliphatic carbocycles. The number of nitrogens with zero attached hydrogens (tertiary/aromatic N) is 2. The van der Waals surface area contributed by atoms with E-state index in [4.69, 9.17) is 0 Å². The maximum Gasteiger partial charge on any atom is 0.0592 e. The van der Waals surface area contributed by atoms with Crippen LogP contribution in [0.1, 0.15) is 62.8 Å². The molecular weight excluding hydrogens is 328 g/mol. The second kappa shape index (κ2) is 12.7. The minimum absolute atomic E-state index is 0.377. The maximum absolute atomic E-state index is 4.56. The highest BCUT2D eigenvalue weighted by molar-refractivity contribution is 5.82. The standard InChI is InChI=1S/C21H22N2.2C2H6/c1-17(19-10-5-3-6-11-19)21-13-9-12-20(18(21)2)16-22-23-14-7-4-8-15-23;2*1-2/h3-14,16-17H,15H2,1-2H3;2*1-2H3/b22-16+;;. The molecule has 2 aromatic rings. The van der Waals surface area contributed by atoms with Crippen LogP contribution in [0.5, 0.6) is 0 Å². The molecule has 27 heavy (non-hydrogen) atoms. The van der Waals surface area contributed by atoms with Crippen molar-refractivity contribution < 1.29 is 0 Å². The highest BCUT2D eigenvalue weighted by Crippen LogP contribution is 2.27. The van der Waals surface area contributed by atoms with Gasteiger partial charge in [-0.2, -0.15) is 5.10 Å². The predicted molar refractivity (Wildman–Crippen MR) is 120 cm³/mol. The lowest BCUT2D eigenvalue weighted by Gasteiger charge is -2.17. The Morgan fingerprint density at radius 1 is 0.926 bits per heavy atom. The Morgan fingerprint density at radius 3 is 2.26 bits per heavy atom. The van der Waals surface area contributed by atoms with Crippen molar-refractivity contribution in [1.29, 1.82) is 0 Å². The molecule has 2 aromatic carbocycles. The van der Waals surface area contributed by atoms with Gasteiger partial charge >= 0.3 is 0 Å². The Bertz CT molecular complexity index is 742. The van der Waals surface area contributed by atoms with Gasteiger partial charge in [0.25, 0.3) is 0 Å². The lowest BCUT2D eigenvalue weighted by molar-refractivity contribution is 0.442. The highest BCUT2D eigenvalue weighted by atomic mass is 15.4. The Balaban J connectivity index is 0.000000855. The van der Waals surface area contributed by atoms with Gasteiger partial charge in [0.15, 0.2) is 0 Å². The maximum atomic E-state index is 4.56. The zero-order chi connectivity index (χ0) is 20.1. The first-order valence-corrected chi connectivity index (χ1v) is 10.0. The van der Waals surface area contributed by atoms with Crippen LogP contribution in [0.2, 0.25) is 0 Å². The summed E-state index contributed by atoms with van der Waals surface area (Å²) in [5.41, 5.74) is 5.17. The minimum atomic E-state index is 0.377. The molecule has 1 heterocycles. The van der Waals surface area contributed by atoms with Gasteiger partial charge in [0.2, 0.25) is 0 Å². The van der Waals surface area contributed by atoms with Crippen LogP contribution in [-0.2, 0) is 0 Å². The monoisotopic (exact) mass is 362 g/mol. The van der Waals surface area contributed by atoms with Gasteiger partial charge in [-0.05, 0) is 35.3 Å². The van der Waals surface area contributed by atoms with Crippen LogP contribution in [0.3, 0.4) is 0 Å². The Kier molecular flexibility index (Phi) is 10.5. The Labute approximate surface area is 165 Å². The smallest absolute Gasteiger partial charge is 0.0592 e. The van der Waals surface area contributed by atoms with E-state index in [0.29, 0.717) is 5.92 Å². The van der Waals surface area contributed by atoms with Gasteiger partial charge in [-0.25, -0.2) is 0 Å². The van der Waals surface area contributed by atoms with E-state index in [1.807, 2.05) is 57.3 Å². The quantitative estimate of drug-likeness (QED) is 0.539. The average Bonchev–Trinajstić information content (AvgIpc) is 2.77. The molecule has 1 aliphatic heterocycles. The van der Waals surface area contributed by atoms with E-state index in [0.717, 1.165) is 6.54 Å². The molecule has 144 valence electrons. The third kappa shape index (κ3) is 6.56. The van der Waals surface area contributed by atoms with Gasteiger partial charge in [0.05, 0.1) is 12.8 Å². The number of hydrazone groups is 1. The molecule has 0 saturated heterocycles. The SMILES string of the molecule is CC.CC.Cc1c(/C=N/N2C=CC=CC2)cccc1C(C)c1ccccc1. The summed E-state index contributed by atoms with van der Waals surface area (Å²) in [6.07, 6.45) is 10.1. The highest BCUT2D eigenvalue weighted by Gasteiger charge is 2.12. The van der Waals surface area contributed by atoms with Crippen molar-refractivity contribution in [2.45, 2.75) is 47.5 Å². The Hall–Kier alpha value is -2.61. The summed E-state index contributed by atoms with van der Waals surface area (Å²) in [5, 5.41) is 6.49. The molecule has 1 atom stereocenters. The molecule has 0 N–H and O–H groups in total. The van der Waals surface area contributed by atoms with Crippen molar-refractivity contribution in [3.8, 4) is 0 Å². The van der Waals surface area contributed by atoms with E-state index in [1.165, 1.54) is 22.3 Å². The second-order valence-corrected chi connectivity index (χ2v) is 5.83. The van der Waals surface area contributed by atoms with Crippen molar-refractivity contribution in [3.05, 3.63) is 95.2 Å². The van der Waals surface area contributed by atoms with E-state index < -0.39 is 0 Å². The molecule has 0 radical (unpaired) electrons. The molecule has 0 fully saturated rings. The van der Waals surface area contributed by atoms with Crippen LogP contribution in [-0.4, -0.2) is 17.8 Å². The fraction of sp³-hybridized carbons (Fsp3) is 0.320. The Morgan fingerprint density at radius 2 is 1.63 bits per heavy atom. The van der Waals surface area contributed by atoms with E-state index in [9.17, 15) is 0 Å². The molecule has 0 spiro atoms. The molecule has 0 saturated carbocycles. The average molecular weight is 363 g/mol. The molecule has 1 unspecified atom stereocenters. The largest absolute Gasteiger partial charge is 0.269 e. The minimum Gasteiger partial charge on any atom is -0.269 e. The first kappa shape index (κ1) is 22.4. The number of hydrogen-bond donors (Lipinski definition) is 0. The molecule has 0 bridgehead atoms. The van der Waals surface area contributed by atoms with Gasteiger partial charge in [0, 0.05) is 12.1 Å². The van der Waals surface area contributed by atoms with E-state index in [1.54, 1.807) is 0 Å². The molecule has 3 rings (SSSR count). The van der Waals surface area contributed by atoms with Crippen LogP contribution in [0.4, 0.5) is 0 Å². The van der Waals surface area contributed by atoms with Crippen molar-refractivity contribution in [1.82, 2.24) is 5.01 Å². The molecular formula is C25H34N2. The number of allylic oxidation sites excluding steroid dienone is 2. The zero-order valence-electron chi connectivity index (χ0n) is 17.7. The van der Waals surface area contributed by atoms with Crippen LogP contribution < -0.4 is 0 Å². The molecule has 2 nitrogen and oxygen atoms in total. The molecule has 1 aliphatic rings. The van der Waals surface area contributed by atoms with Gasteiger partial charge in [-0.15, -0.1) is 0 Å². The third-order valence-corrected chi connectivity index (χ3v) is 4.33. The summed E-state index contributed by atoms with van der Waals surface area (Å²) >= 11 is 0. The number of benzene rings is 2. The van der Waals surface area contributed by atoms with Gasteiger partial charge in [-0.1, -0.05) is 95.3 Å². The van der Waals surface area contributed by atoms with E-state index in [-0.39, 0.29) is 0 Å². The first-order valence-electron chi connectivity index (χ1n) is 10.0. The van der Waals surface area contributed by atoms with Gasteiger partial charge in [0.1, 0.15) is 0 Å². The van der Waals surface area contributed by atoms with Crippen LogP contribution in [0.15, 0.2) is 78.1 Å². The van der Waals surface area contributed by atoms with Crippen LogP contribution in [0.25, 0.3) is 0 Å². The van der Waals surface area contributed by atoms with Crippen molar-refractivity contribution >= 4 is 6.21 Å². The summed E-state index contributed by atoms with van der Waals surface area (Å²) in [4.78, 5) is 0. The van der Waals surface area contributed by atoms with E-state index >= 15 is 0 Å². The molecule has 0 aromatic heterocycles. The lowest BCUT2D eigenvalue weighted by Crippen LogP contribution is -2.12. The summed E-state index contributed by atoms with van der Waals surface area (Å²) in [7, 11) is 0. The van der Waals surface area contributed by atoms with Gasteiger partial charge in [-0.3, -0.25) is 5.01 Å². The normalized spacial score (nSPS) is 13.5. The molecule has 0 amide bonds. The van der Waals surface area contributed by atoms with Gasteiger partial charge < -0.3 is 0 Å². The second-order valence-electron chi connectivity index (χ2n) is 5.83. The summed E-state index contributed by atoms with van der Waals surface area (Å²) in [5.74, 6) is 0.377. The third-order valence-electron chi connectivity index (χ3n) is 4.33. The first-order chi connectivity index (χ1) is 13.3. The predicted octanol–water partition coefficient (Wildman–Crippen LogP) is 6.92. The number of rotatable bonds is 4. The van der Waals surface area contributed by atoms with Crippen molar-refractivity contribution in [2.24, 2.45) is 5.10 Å². The topological polar surface area (TPSA) is 15.6 Å². The summed E-state index contributed by atoms with van der Waals surface area (Å²) in [6.45, 7) is 13.3. The fourth-order valence-corrected chi connectivity index (χ4v) is 2.88. The zero-order valence-corrected chi connectivity index (χ0v) is 17.7. The van der Waals surface area contributed by atoms with Crippen molar-refractivity contribution in [2.75, 3.05) is 6.54 Å². The van der Waals surface area contributed by atoms with Crippen LogP contribution >= 0.6 is 0 Å². The lowest BCUT2D eigenvalue weighted by atomic mass is 9.88. The fourth-order valence-electron chi connectivity index (χ4n) is 2.88. The summed E-state index contributed by atoms with van der Waals surface area (Å²) in [6, 6.07) is 17.1. The molecule has 2 heteroatoms. The number of hydrogen-bond acceptors (Lipinski definition) is 2. The van der Waals surface area contributed by atoms with Crippen molar-refractivity contribution in [3.63, 3.8) is 0 Å². The van der Waals surface area contributed by atoms with E-state index in [2.05, 4.69) is 73.6 Å². The summed E-state index contributed by atoms with van der Waals surface area (Å²) < 4.78 is 0. The van der Waals surface area contributed by atoms with Crippen LogP contribution in [0, 0.1) is 6.92 Å².